The van der Waals surface area contributed by atoms with Crippen LogP contribution in [-0.2, 0) is 0 Å². The van der Waals surface area contributed by atoms with E-state index in [4.69, 9.17) is 10.4 Å². The maximum absolute atomic E-state index is 8.69. The van der Waals surface area contributed by atoms with Crippen molar-refractivity contribution in [2.24, 2.45) is 5.92 Å². The van der Waals surface area contributed by atoms with Gasteiger partial charge >= 0.3 is 0 Å². The van der Waals surface area contributed by atoms with Gasteiger partial charge in [0.25, 0.3) is 0 Å². The summed E-state index contributed by atoms with van der Waals surface area (Å²) >= 11 is 0. The molecular weight excluding hydrogens is 152 g/mol. The molecule has 2 atom stereocenters. The van der Waals surface area contributed by atoms with E-state index in [2.05, 4.69) is 18.3 Å². The van der Waals surface area contributed by atoms with Crippen molar-refractivity contribution in [3.63, 3.8) is 0 Å². The van der Waals surface area contributed by atoms with Crippen LogP contribution < -0.4 is 5.32 Å². The molecule has 3 nitrogen and oxygen atoms in total. The van der Waals surface area contributed by atoms with Gasteiger partial charge in [-0.15, -0.1) is 0 Å². The van der Waals surface area contributed by atoms with Gasteiger partial charge in [0.05, 0.1) is 12.0 Å². The Morgan fingerprint density at radius 3 is 2.67 bits per heavy atom. The van der Waals surface area contributed by atoms with E-state index in [9.17, 15) is 0 Å². The Kier molecular flexibility index (Phi) is 6.73. The summed E-state index contributed by atoms with van der Waals surface area (Å²) in [5, 5.41) is 20.4. The molecule has 0 amide bonds. The lowest BCUT2D eigenvalue weighted by Gasteiger charge is -2.15. The third-order valence-electron chi connectivity index (χ3n) is 1.90. The fourth-order valence-corrected chi connectivity index (χ4v) is 0.995. The van der Waals surface area contributed by atoms with E-state index >= 15 is 0 Å². The largest absolute Gasteiger partial charge is 0.396 e. The molecule has 0 saturated carbocycles. The highest BCUT2D eigenvalue weighted by Crippen LogP contribution is 1.98. The maximum atomic E-state index is 8.69. The second-order valence-electron chi connectivity index (χ2n) is 3.06. The Balaban J connectivity index is 3.51. The maximum Gasteiger partial charge on any atom is 0.0666 e. The minimum Gasteiger partial charge on any atom is -0.396 e. The van der Waals surface area contributed by atoms with E-state index in [1.54, 1.807) is 0 Å². The van der Waals surface area contributed by atoms with E-state index < -0.39 is 0 Å². The van der Waals surface area contributed by atoms with Crippen LogP contribution in [0.2, 0.25) is 0 Å². The van der Waals surface area contributed by atoms with E-state index in [1.807, 2.05) is 6.92 Å². The molecule has 0 aliphatic rings. The van der Waals surface area contributed by atoms with E-state index in [1.165, 1.54) is 0 Å². The van der Waals surface area contributed by atoms with Gasteiger partial charge in [-0.25, -0.2) is 0 Å². The molecule has 0 aliphatic carbocycles. The summed E-state index contributed by atoms with van der Waals surface area (Å²) in [6.07, 6.45) is 1.77. The predicted molar refractivity (Wildman–Crippen MR) is 48.6 cm³/mol. The molecule has 0 aliphatic heterocycles. The highest BCUT2D eigenvalue weighted by atomic mass is 16.3. The molecule has 0 fully saturated rings. The van der Waals surface area contributed by atoms with E-state index in [-0.39, 0.29) is 12.5 Å². The first-order valence-electron chi connectivity index (χ1n) is 4.48. The number of nitrogens with zero attached hydrogens (tertiary/aromatic N) is 1. The van der Waals surface area contributed by atoms with Crippen molar-refractivity contribution in [3.8, 4) is 6.07 Å². The second kappa shape index (κ2) is 7.08. The van der Waals surface area contributed by atoms with Crippen molar-refractivity contribution < 1.29 is 5.11 Å². The smallest absolute Gasteiger partial charge is 0.0666 e. The first kappa shape index (κ1) is 11.4. The molecule has 2 N–H and O–H groups in total. The number of hydrogen-bond donors (Lipinski definition) is 2. The van der Waals surface area contributed by atoms with Crippen molar-refractivity contribution in [2.45, 2.75) is 32.7 Å². The molecule has 0 saturated heterocycles. The highest BCUT2D eigenvalue weighted by molar-refractivity contribution is 4.81. The van der Waals surface area contributed by atoms with Crippen molar-refractivity contribution >= 4 is 0 Å². The first-order valence-corrected chi connectivity index (χ1v) is 4.48. The van der Waals surface area contributed by atoms with Crippen molar-refractivity contribution in [3.05, 3.63) is 0 Å². The quantitative estimate of drug-likeness (QED) is 0.622. The van der Waals surface area contributed by atoms with Crippen LogP contribution in [0.3, 0.4) is 0 Å². The molecule has 0 heterocycles. The monoisotopic (exact) mass is 170 g/mol. The Labute approximate surface area is 74.4 Å². The first-order chi connectivity index (χ1) is 5.74. The molecule has 0 aromatic carbocycles. The van der Waals surface area contributed by atoms with Gasteiger partial charge < -0.3 is 10.4 Å². The molecule has 0 aromatic heterocycles. The van der Waals surface area contributed by atoms with Crippen LogP contribution in [0.15, 0.2) is 0 Å². The summed E-state index contributed by atoms with van der Waals surface area (Å²) in [5.74, 6) is 0.0535. The minimum absolute atomic E-state index is 0.0535. The molecule has 0 radical (unpaired) electrons. The Hall–Kier alpha value is -0.590. The number of nitriles is 1. The van der Waals surface area contributed by atoms with Gasteiger partial charge in [-0.1, -0.05) is 6.92 Å². The lowest BCUT2D eigenvalue weighted by Crippen LogP contribution is -2.32. The van der Waals surface area contributed by atoms with Crippen LogP contribution in [0.25, 0.3) is 0 Å². The number of rotatable bonds is 6. The molecular formula is C9H18N2O. The van der Waals surface area contributed by atoms with Crippen molar-refractivity contribution in [2.75, 3.05) is 13.2 Å². The molecule has 12 heavy (non-hydrogen) atoms. The second-order valence-corrected chi connectivity index (χ2v) is 3.06. The Morgan fingerprint density at radius 2 is 2.25 bits per heavy atom. The average molecular weight is 170 g/mol. The number of aliphatic hydroxyl groups excluding tert-OH is 1. The summed E-state index contributed by atoms with van der Waals surface area (Å²) < 4.78 is 0. The number of aliphatic hydroxyl groups is 1. The zero-order valence-corrected chi connectivity index (χ0v) is 7.88. The molecule has 0 aromatic rings. The number of nitrogens with one attached hydrogen (secondary N) is 1. The average Bonchev–Trinajstić information content (AvgIpc) is 2.11. The van der Waals surface area contributed by atoms with Crippen LogP contribution in [0.1, 0.15) is 26.7 Å². The van der Waals surface area contributed by atoms with Crippen LogP contribution in [0.4, 0.5) is 0 Å². The predicted octanol–water partition coefficient (Wildman–Crippen LogP) is 0.897. The molecule has 2 unspecified atom stereocenters. The summed E-state index contributed by atoms with van der Waals surface area (Å²) in [7, 11) is 0. The summed E-state index contributed by atoms with van der Waals surface area (Å²) in [5.41, 5.74) is 0. The van der Waals surface area contributed by atoms with E-state index in [0.717, 1.165) is 19.4 Å². The van der Waals surface area contributed by atoms with Crippen LogP contribution in [0, 0.1) is 17.2 Å². The highest BCUT2D eigenvalue weighted by Gasteiger charge is 2.06. The molecule has 70 valence electrons. The summed E-state index contributed by atoms with van der Waals surface area (Å²) in [4.78, 5) is 0. The minimum atomic E-state index is 0.0535. The van der Waals surface area contributed by atoms with Crippen LogP contribution >= 0.6 is 0 Å². The van der Waals surface area contributed by atoms with Gasteiger partial charge in [0.15, 0.2) is 0 Å². The third kappa shape index (κ3) is 5.11. The Bertz CT molecular complexity index is 142. The Morgan fingerprint density at radius 1 is 1.58 bits per heavy atom. The van der Waals surface area contributed by atoms with E-state index in [0.29, 0.717) is 6.04 Å². The van der Waals surface area contributed by atoms with Gasteiger partial charge in [0.1, 0.15) is 0 Å². The van der Waals surface area contributed by atoms with Gasteiger partial charge in [0.2, 0.25) is 0 Å². The SMILES string of the molecule is CCC(CCO)NCC(C)C#N. The van der Waals surface area contributed by atoms with Gasteiger partial charge in [-0.05, 0) is 19.8 Å². The molecule has 0 bridgehead atoms. The van der Waals surface area contributed by atoms with Gasteiger partial charge in [0, 0.05) is 19.2 Å². The summed E-state index contributed by atoms with van der Waals surface area (Å²) in [6, 6.07) is 2.51. The van der Waals surface area contributed by atoms with Crippen LogP contribution in [-0.4, -0.2) is 24.3 Å². The summed E-state index contributed by atoms with van der Waals surface area (Å²) in [6.45, 7) is 4.89. The van der Waals surface area contributed by atoms with Crippen LogP contribution in [0.5, 0.6) is 0 Å². The standard InChI is InChI=1S/C9H18N2O/c1-3-9(4-5-12)11-7-8(2)6-10/h8-9,11-12H,3-5,7H2,1-2H3. The molecule has 3 heteroatoms. The van der Waals surface area contributed by atoms with Crippen molar-refractivity contribution in [1.82, 2.24) is 5.32 Å². The molecule has 0 rings (SSSR count). The zero-order valence-electron chi connectivity index (χ0n) is 7.88. The topological polar surface area (TPSA) is 56.0 Å². The fraction of sp³-hybridized carbons (Fsp3) is 0.889. The normalized spacial score (nSPS) is 15.2. The lowest BCUT2D eigenvalue weighted by molar-refractivity contribution is 0.261. The molecule has 0 spiro atoms. The lowest BCUT2D eigenvalue weighted by atomic mass is 10.1. The van der Waals surface area contributed by atoms with Crippen molar-refractivity contribution in [1.29, 1.82) is 5.26 Å². The third-order valence-corrected chi connectivity index (χ3v) is 1.90. The van der Waals surface area contributed by atoms with Gasteiger partial charge in [-0.3, -0.25) is 0 Å². The zero-order chi connectivity index (χ0) is 9.40. The fourth-order valence-electron chi connectivity index (χ4n) is 0.995. The number of hydrogen-bond acceptors (Lipinski definition) is 3. The van der Waals surface area contributed by atoms with Gasteiger partial charge in [-0.2, -0.15) is 5.26 Å².